The van der Waals surface area contributed by atoms with Gasteiger partial charge in [-0.15, -0.1) is 5.26 Å². The molecule has 17 heavy (non-hydrogen) atoms. The van der Waals surface area contributed by atoms with E-state index in [0.717, 1.165) is 0 Å². The van der Waals surface area contributed by atoms with Gasteiger partial charge in [-0.1, -0.05) is 6.07 Å². The third-order valence-electron chi connectivity index (χ3n) is 2.07. The molecule has 0 bridgehead atoms. The van der Waals surface area contributed by atoms with E-state index in [0.29, 0.717) is 11.1 Å². The van der Waals surface area contributed by atoms with Crippen LogP contribution in [0.3, 0.4) is 0 Å². The van der Waals surface area contributed by atoms with Crippen molar-refractivity contribution in [2.45, 2.75) is 13.8 Å². The van der Waals surface area contributed by atoms with Crippen molar-refractivity contribution in [1.29, 1.82) is 5.26 Å². The minimum absolute atomic E-state index is 0.00222. The summed E-state index contributed by atoms with van der Waals surface area (Å²) in [5.74, 6) is 0.0791. The second-order valence-corrected chi connectivity index (χ2v) is 3.14. The monoisotopic (exact) mass is 229 g/mol. The highest BCUT2D eigenvalue weighted by atomic mass is 16.5. The predicted molar refractivity (Wildman–Crippen MR) is 57.7 cm³/mol. The molecule has 0 aliphatic carbocycles. The van der Waals surface area contributed by atoms with Gasteiger partial charge < -0.3 is 4.74 Å². The van der Waals surface area contributed by atoms with Crippen molar-refractivity contribution in [3.8, 4) is 12.0 Å². The summed E-state index contributed by atoms with van der Waals surface area (Å²) in [6, 6.07) is 1.66. The molecule has 0 fully saturated rings. The first-order chi connectivity index (χ1) is 8.15. The highest BCUT2D eigenvalue weighted by Gasteiger charge is 2.15. The Morgan fingerprint density at radius 3 is 2.24 bits per heavy atom. The van der Waals surface area contributed by atoms with Crippen LogP contribution in [0.4, 0.5) is 11.4 Å². The number of carbonyl (C=O) groups excluding carboxylic acids is 2. The van der Waals surface area contributed by atoms with Crippen molar-refractivity contribution >= 4 is 23.5 Å². The standard InChI is InChI=1S/C11H7N3O3/c1-7-3-8(2)11(17-4-12)10(14-6-16)9(7)13-5-15/h3H,1-2H3. The molecule has 1 aromatic rings. The molecule has 1 aromatic carbocycles. The molecule has 0 aromatic heterocycles. The lowest BCUT2D eigenvalue weighted by Gasteiger charge is -2.09. The number of nitrogens with zero attached hydrogens (tertiary/aromatic N) is 3. The smallest absolute Gasteiger partial charge is 0.292 e. The van der Waals surface area contributed by atoms with Gasteiger partial charge in [-0.2, -0.15) is 9.98 Å². The van der Waals surface area contributed by atoms with E-state index in [-0.39, 0.29) is 17.1 Å². The Labute approximate surface area is 96.9 Å². The van der Waals surface area contributed by atoms with Crippen LogP contribution in [0.5, 0.6) is 5.75 Å². The molecule has 0 N–H and O–H groups in total. The van der Waals surface area contributed by atoms with Gasteiger partial charge in [-0.25, -0.2) is 9.59 Å². The van der Waals surface area contributed by atoms with Gasteiger partial charge in [0.05, 0.1) is 0 Å². The molecule has 0 heterocycles. The van der Waals surface area contributed by atoms with Crippen LogP contribution in [0.1, 0.15) is 11.1 Å². The number of hydrogen-bond donors (Lipinski definition) is 0. The Bertz CT molecular complexity index is 589. The third-order valence-corrected chi connectivity index (χ3v) is 2.07. The Balaban J connectivity index is 3.71. The highest BCUT2D eigenvalue weighted by molar-refractivity contribution is 5.78. The maximum Gasteiger partial charge on any atom is 0.292 e. The number of benzene rings is 1. The molecule has 0 aliphatic heterocycles. The van der Waals surface area contributed by atoms with Gasteiger partial charge in [0, 0.05) is 0 Å². The van der Waals surface area contributed by atoms with Crippen molar-refractivity contribution in [2.75, 3.05) is 0 Å². The van der Waals surface area contributed by atoms with Gasteiger partial charge in [-0.3, -0.25) is 0 Å². The zero-order valence-corrected chi connectivity index (χ0v) is 9.14. The van der Waals surface area contributed by atoms with Crippen LogP contribution in [-0.4, -0.2) is 12.2 Å². The summed E-state index contributed by atoms with van der Waals surface area (Å²) in [6.45, 7) is 3.36. The Kier molecular flexibility index (Phi) is 3.91. The molecule has 0 saturated carbocycles. The summed E-state index contributed by atoms with van der Waals surface area (Å²) >= 11 is 0. The third kappa shape index (κ3) is 2.44. The van der Waals surface area contributed by atoms with Crippen molar-refractivity contribution in [3.63, 3.8) is 0 Å². The summed E-state index contributed by atoms with van der Waals surface area (Å²) in [7, 11) is 0. The van der Waals surface area contributed by atoms with E-state index in [1.54, 1.807) is 19.9 Å². The molecule has 0 radical (unpaired) electrons. The van der Waals surface area contributed by atoms with E-state index in [1.807, 2.05) is 0 Å². The summed E-state index contributed by atoms with van der Waals surface area (Å²) in [6.07, 6.45) is 4.17. The molecule has 0 atom stereocenters. The van der Waals surface area contributed by atoms with Crippen LogP contribution in [0.2, 0.25) is 0 Å². The number of ether oxygens (including phenoxy) is 1. The lowest BCUT2D eigenvalue weighted by Crippen LogP contribution is -1.90. The minimum Gasteiger partial charge on any atom is -0.385 e. The second kappa shape index (κ2) is 5.38. The summed E-state index contributed by atoms with van der Waals surface area (Å²) in [5, 5.41) is 8.51. The van der Waals surface area contributed by atoms with Crippen LogP contribution >= 0.6 is 0 Å². The van der Waals surface area contributed by atoms with Gasteiger partial charge in [0.2, 0.25) is 12.2 Å². The van der Waals surface area contributed by atoms with E-state index in [1.165, 1.54) is 18.4 Å². The zero-order valence-electron chi connectivity index (χ0n) is 9.14. The van der Waals surface area contributed by atoms with Crippen LogP contribution in [0.15, 0.2) is 16.1 Å². The maximum absolute atomic E-state index is 10.3. The quantitative estimate of drug-likeness (QED) is 0.450. The summed E-state index contributed by atoms with van der Waals surface area (Å²) in [5.41, 5.74) is 1.36. The first-order valence-corrected chi connectivity index (χ1v) is 4.51. The number of aliphatic imine (C=N–C) groups is 2. The number of isocyanates is 2. The van der Waals surface area contributed by atoms with Crippen molar-refractivity contribution in [2.24, 2.45) is 9.98 Å². The van der Waals surface area contributed by atoms with Gasteiger partial charge in [0.1, 0.15) is 11.4 Å². The summed E-state index contributed by atoms with van der Waals surface area (Å²) in [4.78, 5) is 27.5. The average molecular weight is 229 g/mol. The molecule has 0 spiro atoms. The molecule has 0 aliphatic rings. The minimum atomic E-state index is 0.00222. The molecule has 0 unspecified atom stereocenters. The van der Waals surface area contributed by atoms with Crippen molar-refractivity contribution in [1.82, 2.24) is 0 Å². The Morgan fingerprint density at radius 2 is 1.71 bits per heavy atom. The molecular weight excluding hydrogens is 222 g/mol. The predicted octanol–water partition coefficient (Wildman–Crippen LogP) is 2.10. The number of nitriles is 1. The van der Waals surface area contributed by atoms with Crippen LogP contribution in [-0.2, 0) is 9.59 Å². The van der Waals surface area contributed by atoms with E-state index >= 15 is 0 Å². The fraction of sp³-hybridized carbons (Fsp3) is 0.182. The highest BCUT2D eigenvalue weighted by Crippen LogP contribution is 2.42. The van der Waals surface area contributed by atoms with Crippen LogP contribution < -0.4 is 4.74 Å². The number of aryl methyl sites for hydroxylation is 2. The molecule has 6 heteroatoms. The number of rotatable bonds is 3. The van der Waals surface area contributed by atoms with Crippen LogP contribution in [0.25, 0.3) is 0 Å². The van der Waals surface area contributed by atoms with Crippen molar-refractivity contribution < 1.29 is 14.3 Å². The molecule has 84 valence electrons. The fourth-order valence-electron chi connectivity index (χ4n) is 1.45. The van der Waals surface area contributed by atoms with Crippen molar-refractivity contribution in [3.05, 3.63) is 17.2 Å². The molecule has 0 saturated heterocycles. The maximum atomic E-state index is 10.3. The van der Waals surface area contributed by atoms with E-state index in [2.05, 4.69) is 9.98 Å². The Morgan fingerprint density at radius 1 is 1.12 bits per heavy atom. The first kappa shape index (κ1) is 12.3. The second-order valence-electron chi connectivity index (χ2n) is 3.14. The Hall–Kier alpha value is -2.73. The molecular formula is C11H7N3O3. The zero-order chi connectivity index (χ0) is 12.8. The lowest BCUT2D eigenvalue weighted by molar-refractivity contribution is 0.504. The first-order valence-electron chi connectivity index (χ1n) is 4.51. The van der Waals surface area contributed by atoms with Gasteiger partial charge in [0.15, 0.2) is 5.75 Å². The van der Waals surface area contributed by atoms with Gasteiger partial charge in [0.25, 0.3) is 6.26 Å². The van der Waals surface area contributed by atoms with E-state index < -0.39 is 0 Å². The average Bonchev–Trinajstić information content (AvgIpc) is 2.29. The number of hydrogen-bond acceptors (Lipinski definition) is 6. The van der Waals surface area contributed by atoms with E-state index in [9.17, 15) is 9.59 Å². The lowest BCUT2D eigenvalue weighted by atomic mass is 10.1. The summed E-state index contributed by atoms with van der Waals surface area (Å²) < 4.78 is 4.71. The van der Waals surface area contributed by atoms with Gasteiger partial charge in [-0.05, 0) is 25.0 Å². The normalized spacial score (nSPS) is 8.53. The molecule has 1 rings (SSSR count). The van der Waals surface area contributed by atoms with Gasteiger partial charge >= 0.3 is 0 Å². The largest absolute Gasteiger partial charge is 0.385 e. The topological polar surface area (TPSA) is 91.9 Å². The molecule has 6 nitrogen and oxygen atoms in total. The van der Waals surface area contributed by atoms with Crippen LogP contribution in [0, 0.1) is 25.4 Å². The fourth-order valence-corrected chi connectivity index (χ4v) is 1.45. The van der Waals surface area contributed by atoms with E-state index in [4.69, 9.17) is 10.00 Å². The molecule has 0 amide bonds. The SMILES string of the molecule is Cc1cc(C)c(OC#N)c(N=C=O)c1N=C=O.